The van der Waals surface area contributed by atoms with Crippen molar-refractivity contribution in [1.29, 1.82) is 0 Å². The molecule has 2 aromatic rings. The van der Waals surface area contributed by atoms with Gasteiger partial charge >= 0.3 is 6.09 Å². The standard InChI is InChI=1S/C18H19NO2/c1-17(14-10-6-4-7-11-14)18(2,19(17)16(20)21-3)15-12-8-5-9-13-15/h4-13H,1-3H3. The first kappa shape index (κ1) is 13.7. The number of benzene rings is 2. The largest absolute Gasteiger partial charge is 0.453 e. The molecule has 2 atom stereocenters. The molecule has 1 aliphatic heterocycles. The van der Waals surface area contributed by atoms with E-state index in [1.165, 1.54) is 7.11 Å². The number of methoxy groups -OCH3 is 1. The minimum atomic E-state index is -0.400. The van der Waals surface area contributed by atoms with Gasteiger partial charge in [-0.25, -0.2) is 4.79 Å². The number of hydrogen-bond acceptors (Lipinski definition) is 2. The fourth-order valence-corrected chi connectivity index (χ4v) is 3.41. The number of rotatable bonds is 2. The molecule has 0 saturated carbocycles. The molecule has 2 aromatic carbocycles. The highest BCUT2D eigenvalue weighted by molar-refractivity contribution is 5.77. The molecule has 1 amide bonds. The Morgan fingerprint density at radius 2 is 1.24 bits per heavy atom. The summed E-state index contributed by atoms with van der Waals surface area (Å²) in [5.74, 6) is 0. The van der Waals surface area contributed by atoms with Gasteiger partial charge in [0.05, 0.1) is 18.2 Å². The van der Waals surface area contributed by atoms with Crippen LogP contribution in [0.4, 0.5) is 4.79 Å². The molecule has 21 heavy (non-hydrogen) atoms. The topological polar surface area (TPSA) is 29.3 Å². The molecule has 3 rings (SSSR count). The first-order chi connectivity index (χ1) is 10.1. The zero-order valence-electron chi connectivity index (χ0n) is 12.5. The SMILES string of the molecule is COC(=O)N1C(C)(c2ccccc2)C1(C)c1ccccc1. The van der Waals surface area contributed by atoms with Crippen molar-refractivity contribution in [2.24, 2.45) is 0 Å². The van der Waals surface area contributed by atoms with Crippen LogP contribution in [0.15, 0.2) is 60.7 Å². The zero-order chi connectivity index (χ0) is 15.1. The van der Waals surface area contributed by atoms with Crippen molar-refractivity contribution in [3.05, 3.63) is 71.8 Å². The summed E-state index contributed by atoms with van der Waals surface area (Å²) in [7, 11) is 1.43. The molecule has 1 aliphatic rings. The highest BCUT2D eigenvalue weighted by Gasteiger charge is 2.73. The normalized spacial score (nSPS) is 27.3. The molecule has 3 nitrogen and oxygen atoms in total. The second-order valence-corrected chi connectivity index (χ2v) is 5.68. The lowest BCUT2D eigenvalue weighted by molar-refractivity contribution is 0.143. The molecule has 0 N–H and O–H groups in total. The highest BCUT2D eigenvalue weighted by atomic mass is 16.5. The van der Waals surface area contributed by atoms with E-state index in [0.29, 0.717) is 0 Å². The third kappa shape index (κ3) is 1.70. The molecule has 0 bridgehead atoms. The van der Waals surface area contributed by atoms with Gasteiger partial charge in [0.1, 0.15) is 0 Å². The third-order valence-electron chi connectivity index (χ3n) is 4.82. The summed E-state index contributed by atoms with van der Waals surface area (Å²) in [6.07, 6.45) is -0.298. The molecule has 3 heteroatoms. The van der Waals surface area contributed by atoms with Gasteiger partial charge in [0.15, 0.2) is 0 Å². The molecule has 1 fully saturated rings. The fourth-order valence-electron chi connectivity index (χ4n) is 3.41. The van der Waals surface area contributed by atoms with Crippen molar-refractivity contribution < 1.29 is 9.53 Å². The van der Waals surface area contributed by atoms with E-state index in [9.17, 15) is 4.79 Å². The van der Waals surface area contributed by atoms with Crippen LogP contribution < -0.4 is 0 Å². The van der Waals surface area contributed by atoms with E-state index < -0.39 is 11.1 Å². The summed E-state index contributed by atoms with van der Waals surface area (Å²) in [6, 6.07) is 20.2. The highest BCUT2D eigenvalue weighted by Crippen LogP contribution is 2.64. The van der Waals surface area contributed by atoms with Crippen molar-refractivity contribution in [3.8, 4) is 0 Å². The Balaban J connectivity index is 2.13. The Kier molecular flexibility index (Phi) is 3.01. The van der Waals surface area contributed by atoms with Crippen LogP contribution >= 0.6 is 0 Å². The van der Waals surface area contributed by atoms with Crippen molar-refractivity contribution >= 4 is 6.09 Å². The first-order valence-electron chi connectivity index (χ1n) is 7.06. The Bertz CT molecular complexity index is 604. The van der Waals surface area contributed by atoms with Gasteiger partial charge in [0.2, 0.25) is 0 Å². The van der Waals surface area contributed by atoms with Gasteiger partial charge in [-0.05, 0) is 25.0 Å². The molecular weight excluding hydrogens is 262 g/mol. The summed E-state index contributed by atoms with van der Waals surface area (Å²) in [4.78, 5) is 14.1. The van der Waals surface area contributed by atoms with Gasteiger partial charge in [-0.15, -0.1) is 0 Å². The Hall–Kier alpha value is -2.29. The minimum Gasteiger partial charge on any atom is -0.453 e. The van der Waals surface area contributed by atoms with Crippen LogP contribution in [0.5, 0.6) is 0 Å². The predicted octanol–water partition coefficient (Wildman–Crippen LogP) is 3.90. The van der Waals surface area contributed by atoms with Crippen LogP contribution in [0.1, 0.15) is 25.0 Å². The van der Waals surface area contributed by atoms with Crippen molar-refractivity contribution in [2.45, 2.75) is 24.9 Å². The van der Waals surface area contributed by atoms with Gasteiger partial charge in [-0.1, -0.05) is 60.7 Å². The number of hydrogen-bond donors (Lipinski definition) is 0. The van der Waals surface area contributed by atoms with E-state index in [2.05, 4.69) is 38.1 Å². The maximum absolute atomic E-state index is 12.3. The predicted molar refractivity (Wildman–Crippen MR) is 81.8 cm³/mol. The van der Waals surface area contributed by atoms with E-state index in [1.807, 2.05) is 41.3 Å². The van der Waals surface area contributed by atoms with Crippen LogP contribution in [0.25, 0.3) is 0 Å². The van der Waals surface area contributed by atoms with Gasteiger partial charge in [0.25, 0.3) is 0 Å². The molecule has 1 saturated heterocycles. The van der Waals surface area contributed by atoms with Gasteiger partial charge < -0.3 is 4.74 Å². The second-order valence-electron chi connectivity index (χ2n) is 5.68. The molecule has 0 aliphatic carbocycles. The second kappa shape index (κ2) is 4.62. The number of carbonyl (C=O) groups is 1. The number of ether oxygens (including phenoxy) is 1. The maximum Gasteiger partial charge on any atom is 0.411 e. The van der Waals surface area contributed by atoms with Crippen molar-refractivity contribution in [2.75, 3.05) is 7.11 Å². The van der Waals surface area contributed by atoms with Crippen molar-refractivity contribution in [3.63, 3.8) is 0 Å². The summed E-state index contributed by atoms with van der Waals surface area (Å²) in [5.41, 5.74) is 1.43. The first-order valence-corrected chi connectivity index (χ1v) is 7.06. The molecule has 0 aromatic heterocycles. The van der Waals surface area contributed by atoms with Crippen LogP contribution in [0, 0.1) is 0 Å². The molecule has 108 valence electrons. The molecule has 1 heterocycles. The van der Waals surface area contributed by atoms with Crippen LogP contribution in [-0.2, 0) is 15.8 Å². The summed E-state index contributed by atoms with van der Waals surface area (Å²) >= 11 is 0. The quantitative estimate of drug-likeness (QED) is 0.781. The zero-order valence-corrected chi connectivity index (χ0v) is 12.5. The third-order valence-corrected chi connectivity index (χ3v) is 4.82. The van der Waals surface area contributed by atoms with Gasteiger partial charge in [0, 0.05) is 0 Å². The van der Waals surface area contributed by atoms with Crippen molar-refractivity contribution in [1.82, 2.24) is 4.90 Å². The summed E-state index contributed by atoms with van der Waals surface area (Å²) in [5, 5.41) is 0. The molecule has 2 unspecified atom stereocenters. The fraction of sp³-hybridized carbons (Fsp3) is 0.278. The number of carbonyl (C=O) groups excluding carboxylic acids is 1. The van der Waals surface area contributed by atoms with E-state index >= 15 is 0 Å². The lowest BCUT2D eigenvalue weighted by atomic mass is 9.84. The Labute approximate surface area is 125 Å². The van der Waals surface area contributed by atoms with Gasteiger partial charge in [-0.2, -0.15) is 0 Å². The molecule has 0 spiro atoms. The van der Waals surface area contributed by atoms with Crippen LogP contribution in [0.2, 0.25) is 0 Å². The van der Waals surface area contributed by atoms with Crippen LogP contribution in [-0.4, -0.2) is 18.1 Å². The monoisotopic (exact) mass is 281 g/mol. The van der Waals surface area contributed by atoms with E-state index in [4.69, 9.17) is 4.74 Å². The lowest BCUT2D eigenvalue weighted by Gasteiger charge is -2.14. The Morgan fingerprint density at radius 3 is 1.57 bits per heavy atom. The van der Waals surface area contributed by atoms with E-state index in [0.717, 1.165) is 11.1 Å². The average molecular weight is 281 g/mol. The van der Waals surface area contributed by atoms with Gasteiger partial charge in [-0.3, -0.25) is 4.90 Å². The Morgan fingerprint density at radius 1 is 0.857 bits per heavy atom. The lowest BCUT2D eigenvalue weighted by Crippen LogP contribution is -2.19. The molecule has 0 radical (unpaired) electrons. The molecular formula is C18H19NO2. The van der Waals surface area contributed by atoms with E-state index in [1.54, 1.807) is 0 Å². The smallest absolute Gasteiger partial charge is 0.411 e. The number of nitrogens with zero attached hydrogens (tertiary/aromatic N) is 1. The van der Waals surface area contributed by atoms with E-state index in [-0.39, 0.29) is 6.09 Å². The van der Waals surface area contributed by atoms with Crippen LogP contribution in [0.3, 0.4) is 0 Å². The summed E-state index contributed by atoms with van der Waals surface area (Å²) in [6.45, 7) is 4.18. The number of amides is 1. The minimum absolute atomic E-state index is 0.298. The average Bonchev–Trinajstić information content (AvgIpc) is 3.07. The summed E-state index contributed by atoms with van der Waals surface area (Å²) < 4.78 is 5.00. The maximum atomic E-state index is 12.3.